The van der Waals surface area contributed by atoms with E-state index in [0.717, 1.165) is 38.9 Å². The number of piperidine rings is 1. The molecule has 0 bridgehead atoms. The van der Waals surface area contributed by atoms with E-state index in [2.05, 4.69) is 41.7 Å². The van der Waals surface area contributed by atoms with Crippen molar-refractivity contribution >= 4 is 11.8 Å². The molecule has 4 rings (SSSR count). The van der Waals surface area contributed by atoms with Gasteiger partial charge in [0, 0.05) is 32.5 Å². The molecular formula is C23H26N2O2. The molecule has 0 aromatic heterocycles. The molecule has 2 heterocycles. The van der Waals surface area contributed by atoms with Crippen molar-refractivity contribution < 1.29 is 9.59 Å². The molecule has 2 aromatic carbocycles. The van der Waals surface area contributed by atoms with E-state index in [1.807, 2.05) is 23.1 Å². The molecule has 4 nitrogen and oxygen atoms in total. The van der Waals surface area contributed by atoms with E-state index in [1.54, 1.807) is 0 Å². The molecule has 1 spiro atoms. The summed E-state index contributed by atoms with van der Waals surface area (Å²) < 4.78 is 0. The predicted molar refractivity (Wildman–Crippen MR) is 106 cm³/mol. The van der Waals surface area contributed by atoms with Crippen molar-refractivity contribution in [1.82, 2.24) is 10.2 Å². The Labute approximate surface area is 160 Å². The summed E-state index contributed by atoms with van der Waals surface area (Å²) in [7, 11) is 0. The van der Waals surface area contributed by atoms with Gasteiger partial charge in [0.05, 0.1) is 0 Å². The minimum atomic E-state index is 0.0983. The average Bonchev–Trinajstić information content (AvgIpc) is 3.08. The van der Waals surface area contributed by atoms with Gasteiger partial charge in [0.25, 0.3) is 0 Å². The fourth-order valence-electron chi connectivity index (χ4n) is 4.24. The number of nitrogens with one attached hydrogen (secondary N) is 1. The molecule has 2 saturated heterocycles. The smallest absolute Gasteiger partial charge is 0.222 e. The second kappa shape index (κ2) is 7.55. The first-order valence-corrected chi connectivity index (χ1v) is 9.82. The largest absolute Gasteiger partial charge is 0.356 e. The molecule has 0 saturated carbocycles. The molecule has 0 radical (unpaired) electrons. The summed E-state index contributed by atoms with van der Waals surface area (Å²) in [5, 5.41) is 2.94. The Morgan fingerprint density at radius 2 is 1.63 bits per heavy atom. The molecule has 2 aliphatic heterocycles. The highest BCUT2D eigenvalue weighted by molar-refractivity contribution is 5.79. The van der Waals surface area contributed by atoms with Gasteiger partial charge in [-0.15, -0.1) is 0 Å². The molecule has 0 unspecified atom stereocenters. The van der Waals surface area contributed by atoms with Crippen LogP contribution in [0.5, 0.6) is 0 Å². The van der Waals surface area contributed by atoms with Crippen molar-refractivity contribution in [2.75, 3.05) is 19.6 Å². The summed E-state index contributed by atoms with van der Waals surface area (Å²) in [6, 6.07) is 18.8. The lowest BCUT2D eigenvalue weighted by atomic mass is 9.77. The number of aryl methyl sites for hydroxylation is 1. The maximum Gasteiger partial charge on any atom is 0.222 e. The van der Waals surface area contributed by atoms with E-state index in [0.29, 0.717) is 12.8 Å². The maximum absolute atomic E-state index is 12.6. The fourth-order valence-corrected chi connectivity index (χ4v) is 4.24. The van der Waals surface area contributed by atoms with Gasteiger partial charge in [-0.05, 0) is 41.4 Å². The highest BCUT2D eigenvalue weighted by Gasteiger charge is 2.41. The van der Waals surface area contributed by atoms with Crippen LogP contribution in [0.3, 0.4) is 0 Å². The second-order valence-corrected chi connectivity index (χ2v) is 7.90. The first-order chi connectivity index (χ1) is 13.1. The minimum Gasteiger partial charge on any atom is -0.356 e. The molecule has 0 aliphatic carbocycles. The normalized spacial score (nSPS) is 18.5. The zero-order valence-corrected chi connectivity index (χ0v) is 15.6. The summed E-state index contributed by atoms with van der Waals surface area (Å²) >= 11 is 0. The topological polar surface area (TPSA) is 49.4 Å². The third-order valence-electron chi connectivity index (χ3n) is 6.06. The van der Waals surface area contributed by atoms with Crippen LogP contribution in [0.2, 0.25) is 0 Å². The zero-order chi connectivity index (χ0) is 18.7. The summed E-state index contributed by atoms with van der Waals surface area (Å²) in [5.74, 6) is 0.392. The molecule has 2 aliphatic rings. The fraction of sp³-hybridized carbons (Fsp3) is 0.391. The van der Waals surface area contributed by atoms with Crippen molar-refractivity contribution in [1.29, 1.82) is 0 Å². The van der Waals surface area contributed by atoms with Gasteiger partial charge in [0.2, 0.25) is 11.8 Å². The van der Waals surface area contributed by atoms with Gasteiger partial charge in [0.1, 0.15) is 0 Å². The average molecular weight is 362 g/mol. The van der Waals surface area contributed by atoms with Crippen LogP contribution in [-0.2, 0) is 16.0 Å². The minimum absolute atomic E-state index is 0.0983. The van der Waals surface area contributed by atoms with Crippen molar-refractivity contribution in [2.45, 2.75) is 32.1 Å². The SMILES string of the molecule is O=C1CC2(CCN(C(=O)CCc3ccc(-c4ccccc4)cc3)CC2)CN1. The molecule has 2 aromatic rings. The summed E-state index contributed by atoms with van der Waals surface area (Å²) in [6.45, 7) is 2.34. The Balaban J connectivity index is 1.28. The van der Waals surface area contributed by atoms with E-state index in [4.69, 9.17) is 0 Å². The van der Waals surface area contributed by atoms with Crippen molar-refractivity contribution in [3.63, 3.8) is 0 Å². The van der Waals surface area contributed by atoms with Crippen LogP contribution < -0.4 is 5.32 Å². The lowest BCUT2D eigenvalue weighted by molar-refractivity contribution is -0.133. The van der Waals surface area contributed by atoms with Gasteiger partial charge >= 0.3 is 0 Å². The number of carbonyl (C=O) groups excluding carboxylic acids is 2. The van der Waals surface area contributed by atoms with Crippen molar-refractivity contribution in [3.8, 4) is 11.1 Å². The Hall–Kier alpha value is -2.62. The van der Waals surface area contributed by atoms with Crippen LogP contribution in [0.4, 0.5) is 0 Å². The van der Waals surface area contributed by atoms with E-state index in [1.165, 1.54) is 16.7 Å². The predicted octanol–water partition coefficient (Wildman–Crippen LogP) is 3.41. The van der Waals surface area contributed by atoms with E-state index in [9.17, 15) is 9.59 Å². The Bertz CT molecular complexity index is 806. The first kappa shape index (κ1) is 17.8. The number of rotatable bonds is 4. The molecule has 140 valence electrons. The Morgan fingerprint density at radius 3 is 2.26 bits per heavy atom. The lowest BCUT2D eigenvalue weighted by Gasteiger charge is -2.38. The number of amides is 2. The van der Waals surface area contributed by atoms with Gasteiger partial charge in [-0.3, -0.25) is 9.59 Å². The van der Waals surface area contributed by atoms with Crippen molar-refractivity contribution in [3.05, 3.63) is 60.2 Å². The van der Waals surface area contributed by atoms with Crippen LogP contribution in [0.15, 0.2) is 54.6 Å². The van der Waals surface area contributed by atoms with Crippen LogP contribution in [0.25, 0.3) is 11.1 Å². The third kappa shape index (κ3) is 4.05. The molecule has 4 heteroatoms. The highest BCUT2D eigenvalue weighted by atomic mass is 16.2. The number of carbonyl (C=O) groups is 2. The lowest BCUT2D eigenvalue weighted by Crippen LogP contribution is -2.44. The zero-order valence-electron chi connectivity index (χ0n) is 15.6. The monoisotopic (exact) mass is 362 g/mol. The van der Waals surface area contributed by atoms with Crippen LogP contribution in [-0.4, -0.2) is 36.3 Å². The van der Waals surface area contributed by atoms with Gasteiger partial charge in [-0.25, -0.2) is 0 Å². The van der Waals surface area contributed by atoms with Gasteiger partial charge in [-0.1, -0.05) is 54.6 Å². The van der Waals surface area contributed by atoms with Gasteiger partial charge in [-0.2, -0.15) is 0 Å². The molecular weight excluding hydrogens is 336 g/mol. The standard InChI is InChI=1S/C23H26N2O2/c26-21-16-23(17-24-21)12-14-25(15-13-23)22(27)11-8-18-6-9-20(10-7-18)19-4-2-1-3-5-19/h1-7,9-10H,8,11-17H2,(H,24,26). The Kier molecular flexibility index (Phi) is 4.97. The van der Waals surface area contributed by atoms with Crippen LogP contribution in [0.1, 0.15) is 31.2 Å². The molecule has 1 N–H and O–H groups in total. The number of hydrogen-bond donors (Lipinski definition) is 1. The molecule has 0 atom stereocenters. The molecule has 2 fully saturated rings. The second-order valence-electron chi connectivity index (χ2n) is 7.90. The van der Waals surface area contributed by atoms with E-state index in [-0.39, 0.29) is 17.2 Å². The number of nitrogens with zero attached hydrogens (tertiary/aromatic N) is 1. The molecule has 2 amide bonds. The molecule has 27 heavy (non-hydrogen) atoms. The van der Waals surface area contributed by atoms with Gasteiger partial charge in [0.15, 0.2) is 0 Å². The highest BCUT2D eigenvalue weighted by Crippen LogP contribution is 2.37. The Morgan fingerprint density at radius 1 is 0.963 bits per heavy atom. The van der Waals surface area contributed by atoms with E-state index < -0.39 is 0 Å². The summed E-state index contributed by atoms with van der Waals surface area (Å²) in [5.41, 5.74) is 3.71. The quantitative estimate of drug-likeness (QED) is 0.906. The first-order valence-electron chi connectivity index (χ1n) is 9.82. The number of likely N-dealkylation sites (tertiary alicyclic amines) is 1. The van der Waals surface area contributed by atoms with Crippen LogP contribution >= 0.6 is 0 Å². The number of hydrogen-bond acceptors (Lipinski definition) is 2. The van der Waals surface area contributed by atoms with Crippen molar-refractivity contribution in [2.24, 2.45) is 5.41 Å². The van der Waals surface area contributed by atoms with Crippen LogP contribution in [0, 0.1) is 5.41 Å². The van der Waals surface area contributed by atoms with E-state index >= 15 is 0 Å². The number of benzene rings is 2. The third-order valence-corrected chi connectivity index (χ3v) is 6.06. The summed E-state index contributed by atoms with van der Waals surface area (Å²) in [6.07, 6.45) is 3.82. The summed E-state index contributed by atoms with van der Waals surface area (Å²) in [4.78, 5) is 26.1. The maximum atomic E-state index is 12.6. The van der Waals surface area contributed by atoms with Gasteiger partial charge < -0.3 is 10.2 Å².